The summed E-state index contributed by atoms with van der Waals surface area (Å²) in [6.07, 6.45) is 5.83. The van der Waals surface area contributed by atoms with Crippen molar-refractivity contribution in [2.75, 3.05) is 16.9 Å². The number of carbonyl (C=O) groups excluding carboxylic acids is 1. The van der Waals surface area contributed by atoms with Crippen molar-refractivity contribution < 1.29 is 9.53 Å². The standard InChI is InChI=1S/C23H17Cl2N5O2/c24-17-2-1-3-18(25)20(17)30-11-32-21-16(22(30)31)10-27-23(29-21)28-13-8-15(12-4-5-12)14-6-7-26-19(14)9-13/h1-3,6-10,12,26H,4-5,11H2,(H,27,28,29). The molecule has 0 spiro atoms. The first-order chi connectivity index (χ1) is 15.6. The van der Waals surface area contributed by atoms with Crippen molar-refractivity contribution in [2.24, 2.45) is 0 Å². The van der Waals surface area contributed by atoms with Gasteiger partial charge in [0.25, 0.3) is 5.91 Å². The van der Waals surface area contributed by atoms with Crippen LogP contribution in [-0.2, 0) is 0 Å². The number of amides is 1. The second kappa shape index (κ2) is 7.39. The first-order valence-electron chi connectivity index (χ1n) is 10.2. The van der Waals surface area contributed by atoms with Crippen LogP contribution in [0.2, 0.25) is 10.0 Å². The average molecular weight is 466 g/mol. The van der Waals surface area contributed by atoms with E-state index in [-0.39, 0.29) is 24.1 Å². The van der Waals surface area contributed by atoms with Gasteiger partial charge in [0.1, 0.15) is 5.56 Å². The van der Waals surface area contributed by atoms with E-state index in [0.717, 1.165) is 11.2 Å². The average Bonchev–Trinajstić information content (AvgIpc) is 3.52. The Morgan fingerprint density at radius 2 is 1.97 bits per heavy atom. The Bertz CT molecular complexity index is 1360. The first kappa shape index (κ1) is 19.4. The topological polar surface area (TPSA) is 83.1 Å². The molecule has 2 aromatic heterocycles. The van der Waals surface area contributed by atoms with Gasteiger partial charge in [-0.2, -0.15) is 4.98 Å². The molecule has 9 heteroatoms. The molecule has 0 bridgehead atoms. The molecule has 0 atom stereocenters. The Morgan fingerprint density at radius 1 is 1.16 bits per heavy atom. The molecule has 1 saturated carbocycles. The van der Waals surface area contributed by atoms with Gasteiger partial charge in [0.15, 0.2) is 6.73 Å². The Labute approximate surface area is 193 Å². The monoisotopic (exact) mass is 465 g/mol. The van der Waals surface area contributed by atoms with E-state index in [1.165, 1.54) is 34.9 Å². The van der Waals surface area contributed by atoms with Crippen molar-refractivity contribution >= 4 is 57.3 Å². The van der Waals surface area contributed by atoms with E-state index in [1.54, 1.807) is 18.2 Å². The summed E-state index contributed by atoms with van der Waals surface area (Å²) in [4.78, 5) is 26.5. The lowest BCUT2D eigenvalue weighted by Gasteiger charge is -2.29. The fraction of sp³-hybridized carbons (Fsp3) is 0.174. The fourth-order valence-electron chi connectivity index (χ4n) is 4.06. The number of hydrogen-bond acceptors (Lipinski definition) is 5. The number of anilines is 3. The summed E-state index contributed by atoms with van der Waals surface area (Å²) in [5.74, 6) is 0.850. The number of halogens is 2. The minimum absolute atomic E-state index is 0.0496. The smallest absolute Gasteiger partial charge is 0.268 e. The van der Waals surface area contributed by atoms with Crippen LogP contribution in [0.3, 0.4) is 0 Å². The molecule has 160 valence electrons. The van der Waals surface area contributed by atoms with Crippen LogP contribution in [0.1, 0.15) is 34.7 Å². The highest BCUT2D eigenvalue weighted by molar-refractivity contribution is 6.40. The van der Waals surface area contributed by atoms with Gasteiger partial charge < -0.3 is 15.0 Å². The molecular formula is C23H17Cl2N5O2. The van der Waals surface area contributed by atoms with Gasteiger partial charge in [-0.1, -0.05) is 29.3 Å². The van der Waals surface area contributed by atoms with E-state index >= 15 is 0 Å². The molecule has 7 nitrogen and oxygen atoms in total. The molecule has 2 N–H and O–H groups in total. The Kier molecular flexibility index (Phi) is 4.48. The molecule has 1 amide bonds. The maximum absolute atomic E-state index is 13.1. The molecule has 4 aromatic rings. The molecular weight excluding hydrogens is 449 g/mol. The van der Waals surface area contributed by atoms with Crippen LogP contribution in [0.25, 0.3) is 10.9 Å². The minimum Gasteiger partial charge on any atom is -0.455 e. The van der Waals surface area contributed by atoms with Crippen molar-refractivity contribution in [1.82, 2.24) is 15.0 Å². The van der Waals surface area contributed by atoms with Crippen molar-refractivity contribution in [2.45, 2.75) is 18.8 Å². The zero-order chi connectivity index (χ0) is 21.8. The van der Waals surface area contributed by atoms with Crippen molar-refractivity contribution in [3.05, 3.63) is 70.0 Å². The fourth-order valence-corrected chi connectivity index (χ4v) is 4.66. The van der Waals surface area contributed by atoms with Crippen molar-refractivity contribution in [3.63, 3.8) is 0 Å². The summed E-state index contributed by atoms with van der Waals surface area (Å²) in [7, 11) is 0. The number of nitrogens with one attached hydrogen (secondary N) is 2. The lowest BCUT2D eigenvalue weighted by atomic mass is 10.0. The number of ether oxygens (including phenoxy) is 1. The molecule has 1 fully saturated rings. The largest absolute Gasteiger partial charge is 0.455 e. The predicted octanol–water partition coefficient (Wildman–Crippen LogP) is 5.88. The van der Waals surface area contributed by atoms with Gasteiger partial charge in [-0.3, -0.25) is 9.69 Å². The van der Waals surface area contributed by atoms with Crippen molar-refractivity contribution in [3.8, 4) is 5.88 Å². The SMILES string of the molecule is O=C1c2cnc(Nc3cc(C4CC4)c4cc[nH]c4c3)nc2OCN1c1c(Cl)cccc1Cl. The predicted molar refractivity (Wildman–Crippen MR) is 124 cm³/mol. The van der Waals surface area contributed by atoms with Gasteiger partial charge in [-0.05, 0) is 54.7 Å². The van der Waals surface area contributed by atoms with Crippen LogP contribution in [0.15, 0.2) is 48.8 Å². The number of hydrogen-bond donors (Lipinski definition) is 2. The van der Waals surface area contributed by atoms with Crippen LogP contribution < -0.4 is 15.0 Å². The summed E-state index contributed by atoms with van der Waals surface area (Å²) in [6, 6.07) is 11.3. The zero-order valence-electron chi connectivity index (χ0n) is 16.7. The zero-order valence-corrected chi connectivity index (χ0v) is 18.2. The van der Waals surface area contributed by atoms with E-state index in [4.69, 9.17) is 27.9 Å². The van der Waals surface area contributed by atoms with Crippen LogP contribution >= 0.6 is 23.2 Å². The van der Waals surface area contributed by atoms with Crippen LogP contribution in [0, 0.1) is 0 Å². The highest BCUT2D eigenvalue weighted by Crippen LogP contribution is 2.44. The van der Waals surface area contributed by atoms with E-state index in [2.05, 4.69) is 32.4 Å². The molecule has 0 unspecified atom stereocenters. The van der Waals surface area contributed by atoms with E-state index in [1.807, 2.05) is 12.3 Å². The summed E-state index contributed by atoms with van der Waals surface area (Å²) in [5.41, 5.74) is 3.92. The molecule has 3 heterocycles. The molecule has 2 aromatic carbocycles. The van der Waals surface area contributed by atoms with Crippen LogP contribution in [0.5, 0.6) is 5.88 Å². The lowest BCUT2D eigenvalue weighted by molar-refractivity contribution is 0.0932. The maximum atomic E-state index is 13.1. The number of aromatic amines is 1. The first-order valence-corrected chi connectivity index (χ1v) is 11.0. The summed E-state index contributed by atoms with van der Waals surface area (Å²) >= 11 is 12.5. The minimum atomic E-state index is -0.323. The Morgan fingerprint density at radius 3 is 2.75 bits per heavy atom. The summed E-state index contributed by atoms with van der Waals surface area (Å²) in [6.45, 7) is -0.0496. The third-order valence-electron chi connectivity index (χ3n) is 5.74. The molecule has 0 saturated heterocycles. The van der Waals surface area contributed by atoms with Crippen LogP contribution in [-0.4, -0.2) is 27.6 Å². The molecule has 2 aliphatic rings. The number of carbonyl (C=O) groups is 1. The van der Waals surface area contributed by atoms with Gasteiger partial charge in [-0.15, -0.1) is 0 Å². The van der Waals surface area contributed by atoms with Crippen LogP contribution in [0.4, 0.5) is 17.3 Å². The highest BCUT2D eigenvalue weighted by atomic mass is 35.5. The number of nitrogens with zero attached hydrogens (tertiary/aromatic N) is 3. The van der Waals surface area contributed by atoms with E-state index in [0.29, 0.717) is 27.6 Å². The molecule has 32 heavy (non-hydrogen) atoms. The van der Waals surface area contributed by atoms with Gasteiger partial charge >= 0.3 is 0 Å². The Balaban J connectivity index is 1.30. The number of H-pyrrole nitrogens is 1. The van der Waals surface area contributed by atoms with Crippen molar-refractivity contribution in [1.29, 1.82) is 0 Å². The molecule has 1 aliphatic heterocycles. The molecule has 6 rings (SSSR count). The van der Waals surface area contributed by atoms with Gasteiger partial charge in [0, 0.05) is 29.0 Å². The number of para-hydroxylation sites is 1. The second-order valence-corrected chi connectivity index (χ2v) is 8.71. The van der Waals surface area contributed by atoms with Gasteiger partial charge in [0.2, 0.25) is 11.8 Å². The van der Waals surface area contributed by atoms with Gasteiger partial charge in [0.05, 0.1) is 15.7 Å². The normalized spacial score (nSPS) is 15.6. The number of benzene rings is 2. The molecule has 1 aliphatic carbocycles. The second-order valence-electron chi connectivity index (χ2n) is 7.89. The summed E-state index contributed by atoms with van der Waals surface area (Å²) in [5, 5.41) is 5.22. The number of fused-ring (bicyclic) bond motifs is 2. The third-order valence-corrected chi connectivity index (χ3v) is 6.35. The van der Waals surface area contributed by atoms with Gasteiger partial charge in [-0.25, -0.2) is 4.98 Å². The highest BCUT2D eigenvalue weighted by Gasteiger charge is 2.31. The van der Waals surface area contributed by atoms with E-state index in [9.17, 15) is 4.79 Å². The quantitative estimate of drug-likeness (QED) is 0.392. The van der Waals surface area contributed by atoms with E-state index < -0.39 is 0 Å². The molecule has 0 radical (unpaired) electrons. The number of aromatic nitrogens is 3. The third kappa shape index (κ3) is 3.25. The lowest BCUT2D eigenvalue weighted by Crippen LogP contribution is -2.39. The maximum Gasteiger partial charge on any atom is 0.268 e. The summed E-state index contributed by atoms with van der Waals surface area (Å²) < 4.78 is 5.77. The Hall–Kier alpha value is -3.29. The number of rotatable bonds is 4.